The van der Waals surface area contributed by atoms with Crippen molar-refractivity contribution in [1.29, 1.82) is 0 Å². The van der Waals surface area contributed by atoms with Gasteiger partial charge in [-0.3, -0.25) is 10.1 Å². The second-order valence-electron chi connectivity index (χ2n) is 3.18. The molecule has 0 saturated carbocycles. The van der Waals surface area contributed by atoms with Crippen molar-refractivity contribution < 1.29 is 14.5 Å². The highest BCUT2D eigenvalue weighted by atomic mass is 35.5. The van der Waals surface area contributed by atoms with Crippen molar-refractivity contribution >= 4 is 23.3 Å². The molecule has 1 rings (SSSR count). The minimum Gasteiger partial charge on any atom is -0.465 e. The van der Waals surface area contributed by atoms with Crippen LogP contribution < -0.4 is 0 Å². The van der Waals surface area contributed by atoms with E-state index >= 15 is 0 Å². The van der Waals surface area contributed by atoms with Crippen LogP contribution >= 0.6 is 11.6 Å². The highest BCUT2D eigenvalue weighted by molar-refractivity contribution is 6.17. The number of carbonyl (C=O) groups is 1. The third-order valence-corrected chi connectivity index (χ3v) is 2.49. The molecule has 1 aromatic carbocycles. The van der Waals surface area contributed by atoms with E-state index in [0.29, 0.717) is 11.1 Å². The molecule has 0 unspecified atom stereocenters. The van der Waals surface area contributed by atoms with Crippen LogP contribution in [0.4, 0.5) is 5.69 Å². The Hall–Kier alpha value is -1.62. The molecule has 0 spiro atoms. The van der Waals surface area contributed by atoms with Crippen LogP contribution in [0.1, 0.15) is 21.5 Å². The summed E-state index contributed by atoms with van der Waals surface area (Å²) in [6.07, 6.45) is 0. The summed E-state index contributed by atoms with van der Waals surface area (Å²) in [4.78, 5) is 21.5. The molecule has 0 aliphatic carbocycles. The molecule has 0 radical (unpaired) electrons. The van der Waals surface area contributed by atoms with E-state index in [1.165, 1.54) is 19.2 Å². The number of alkyl halides is 1. The number of methoxy groups -OCH3 is 1. The summed E-state index contributed by atoms with van der Waals surface area (Å²) in [5.41, 5.74) is 1.01. The summed E-state index contributed by atoms with van der Waals surface area (Å²) >= 11 is 5.66. The Morgan fingerprint density at radius 1 is 1.56 bits per heavy atom. The SMILES string of the molecule is COC(=O)c1cc(CCl)c(C)cc1[N+](=O)[O-]. The van der Waals surface area contributed by atoms with Crippen LogP contribution in [0.15, 0.2) is 12.1 Å². The van der Waals surface area contributed by atoms with Gasteiger partial charge in [-0.1, -0.05) is 0 Å². The molecule has 6 heteroatoms. The lowest BCUT2D eigenvalue weighted by molar-refractivity contribution is -0.385. The molecule has 0 aromatic heterocycles. The van der Waals surface area contributed by atoms with E-state index in [1.54, 1.807) is 6.92 Å². The van der Waals surface area contributed by atoms with Crippen molar-refractivity contribution in [2.24, 2.45) is 0 Å². The number of nitro groups is 1. The van der Waals surface area contributed by atoms with Crippen molar-refractivity contribution in [3.63, 3.8) is 0 Å². The molecule has 1 aromatic rings. The lowest BCUT2D eigenvalue weighted by Crippen LogP contribution is -2.07. The van der Waals surface area contributed by atoms with Crippen LogP contribution in [-0.4, -0.2) is 18.0 Å². The number of esters is 1. The monoisotopic (exact) mass is 243 g/mol. The average molecular weight is 244 g/mol. The van der Waals surface area contributed by atoms with Crippen molar-refractivity contribution in [3.8, 4) is 0 Å². The number of aryl methyl sites for hydroxylation is 1. The minimum absolute atomic E-state index is 0.0752. The largest absolute Gasteiger partial charge is 0.465 e. The van der Waals surface area contributed by atoms with Crippen LogP contribution in [0.5, 0.6) is 0 Å². The minimum atomic E-state index is -0.738. The van der Waals surface area contributed by atoms with Gasteiger partial charge in [0.2, 0.25) is 0 Å². The first kappa shape index (κ1) is 12.4. The summed E-state index contributed by atoms with van der Waals surface area (Å²) in [7, 11) is 1.17. The third-order valence-electron chi connectivity index (χ3n) is 2.20. The molecule has 0 aliphatic heterocycles. The van der Waals surface area contributed by atoms with Crippen molar-refractivity contribution in [2.75, 3.05) is 7.11 Å². The van der Waals surface area contributed by atoms with Gasteiger partial charge in [-0.05, 0) is 24.1 Å². The van der Waals surface area contributed by atoms with Gasteiger partial charge in [0.15, 0.2) is 0 Å². The number of nitro benzene ring substituents is 1. The number of hydrogen-bond acceptors (Lipinski definition) is 4. The van der Waals surface area contributed by atoms with Crippen LogP contribution in [0.2, 0.25) is 0 Å². The summed E-state index contributed by atoms with van der Waals surface area (Å²) in [5, 5.41) is 10.8. The lowest BCUT2D eigenvalue weighted by atomic mass is 10.0. The third kappa shape index (κ3) is 2.30. The second-order valence-corrected chi connectivity index (χ2v) is 3.45. The number of rotatable bonds is 3. The van der Waals surface area contributed by atoms with Crippen molar-refractivity contribution in [2.45, 2.75) is 12.8 Å². The van der Waals surface area contributed by atoms with E-state index in [1.807, 2.05) is 0 Å². The van der Waals surface area contributed by atoms with E-state index in [9.17, 15) is 14.9 Å². The van der Waals surface area contributed by atoms with Gasteiger partial charge in [-0.2, -0.15) is 0 Å². The first-order chi connectivity index (χ1) is 7.51. The lowest BCUT2D eigenvalue weighted by Gasteiger charge is -2.06. The fourth-order valence-corrected chi connectivity index (χ4v) is 1.59. The van der Waals surface area contributed by atoms with Crippen LogP contribution in [-0.2, 0) is 10.6 Å². The van der Waals surface area contributed by atoms with Crippen molar-refractivity contribution in [3.05, 3.63) is 38.9 Å². The van der Waals surface area contributed by atoms with Crippen LogP contribution in [0.25, 0.3) is 0 Å². The van der Waals surface area contributed by atoms with Crippen molar-refractivity contribution in [1.82, 2.24) is 0 Å². The Labute approximate surface area is 97.1 Å². The van der Waals surface area contributed by atoms with Crippen LogP contribution in [0, 0.1) is 17.0 Å². The first-order valence-electron chi connectivity index (χ1n) is 4.43. The van der Waals surface area contributed by atoms with Gasteiger partial charge in [0, 0.05) is 11.9 Å². The van der Waals surface area contributed by atoms with Gasteiger partial charge in [0.25, 0.3) is 5.69 Å². The van der Waals surface area contributed by atoms with E-state index in [0.717, 1.165) is 0 Å². The number of hydrogen-bond donors (Lipinski definition) is 0. The molecule has 0 atom stereocenters. The number of nitrogens with zero attached hydrogens (tertiary/aromatic N) is 1. The molecule has 0 saturated heterocycles. The van der Waals surface area contributed by atoms with E-state index in [4.69, 9.17) is 11.6 Å². The highest BCUT2D eigenvalue weighted by Gasteiger charge is 2.22. The Balaban J connectivity index is 3.42. The van der Waals surface area contributed by atoms with Gasteiger partial charge < -0.3 is 4.74 Å². The Bertz CT molecular complexity index is 445. The first-order valence-corrected chi connectivity index (χ1v) is 4.97. The predicted molar refractivity (Wildman–Crippen MR) is 58.7 cm³/mol. The fraction of sp³-hybridized carbons (Fsp3) is 0.300. The molecule has 0 N–H and O–H groups in total. The maximum atomic E-state index is 11.3. The standard InChI is InChI=1S/C10H10ClNO4/c1-6-3-9(12(14)15)8(10(13)16-2)4-7(6)5-11/h3-4H,5H2,1-2H3. The average Bonchev–Trinajstić information content (AvgIpc) is 2.27. The summed E-state index contributed by atoms with van der Waals surface area (Å²) in [6.45, 7) is 1.70. The normalized spacial score (nSPS) is 9.94. The smallest absolute Gasteiger partial charge is 0.344 e. The van der Waals surface area contributed by atoms with E-state index in [-0.39, 0.29) is 17.1 Å². The number of ether oxygens (including phenoxy) is 1. The second kappa shape index (κ2) is 4.94. The topological polar surface area (TPSA) is 69.4 Å². The molecular formula is C10H10ClNO4. The van der Waals surface area contributed by atoms with Crippen LogP contribution in [0.3, 0.4) is 0 Å². The van der Waals surface area contributed by atoms with Gasteiger partial charge in [-0.15, -0.1) is 11.6 Å². The molecule has 5 nitrogen and oxygen atoms in total. The summed E-state index contributed by atoms with van der Waals surface area (Å²) < 4.78 is 4.48. The Kier molecular flexibility index (Phi) is 3.84. The number of halogens is 1. The highest BCUT2D eigenvalue weighted by Crippen LogP contribution is 2.25. The molecule has 86 valence electrons. The zero-order valence-electron chi connectivity index (χ0n) is 8.82. The molecule has 0 amide bonds. The number of carbonyl (C=O) groups excluding carboxylic acids is 1. The maximum Gasteiger partial charge on any atom is 0.344 e. The number of benzene rings is 1. The summed E-state index contributed by atoms with van der Waals surface area (Å²) in [5.74, 6) is -0.550. The fourth-order valence-electron chi connectivity index (χ4n) is 1.31. The van der Waals surface area contributed by atoms with Gasteiger partial charge >= 0.3 is 5.97 Å². The zero-order chi connectivity index (χ0) is 12.3. The molecule has 0 aliphatic rings. The Morgan fingerprint density at radius 3 is 2.62 bits per heavy atom. The van der Waals surface area contributed by atoms with Gasteiger partial charge in [0.05, 0.1) is 12.0 Å². The van der Waals surface area contributed by atoms with Gasteiger partial charge in [-0.25, -0.2) is 4.79 Å². The van der Waals surface area contributed by atoms with E-state index < -0.39 is 10.9 Å². The predicted octanol–water partition coefficient (Wildman–Crippen LogP) is 2.43. The molecule has 0 bridgehead atoms. The molecule has 16 heavy (non-hydrogen) atoms. The maximum absolute atomic E-state index is 11.3. The van der Waals surface area contributed by atoms with E-state index in [2.05, 4.69) is 4.74 Å². The zero-order valence-corrected chi connectivity index (χ0v) is 9.58. The molecule has 0 heterocycles. The quantitative estimate of drug-likeness (QED) is 0.354. The molecular weight excluding hydrogens is 234 g/mol. The van der Waals surface area contributed by atoms with Gasteiger partial charge in [0.1, 0.15) is 5.56 Å². The Morgan fingerprint density at radius 2 is 2.19 bits per heavy atom. The summed E-state index contributed by atoms with van der Waals surface area (Å²) in [6, 6.07) is 2.72. The molecule has 0 fully saturated rings.